The van der Waals surface area contributed by atoms with E-state index in [-0.39, 0.29) is 11.8 Å². The number of piperidine rings is 1. The van der Waals surface area contributed by atoms with Gasteiger partial charge in [-0.25, -0.2) is 0 Å². The maximum absolute atomic E-state index is 13.5. The molecule has 6 nitrogen and oxygen atoms in total. The highest BCUT2D eigenvalue weighted by molar-refractivity contribution is 6.35. The molecule has 0 saturated carbocycles. The van der Waals surface area contributed by atoms with Crippen molar-refractivity contribution in [1.29, 1.82) is 0 Å². The van der Waals surface area contributed by atoms with Gasteiger partial charge < -0.3 is 14.4 Å². The van der Waals surface area contributed by atoms with Crippen LogP contribution in [0, 0.1) is 11.8 Å². The van der Waals surface area contributed by atoms with Crippen LogP contribution in [-0.4, -0.2) is 55.5 Å². The van der Waals surface area contributed by atoms with E-state index in [0.717, 1.165) is 45.2 Å². The number of carbonyl (C=O) groups excluding carboxylic acids is 2. The number of methoxy groups -OCH3 is 2. The zero-order chi connectivity index (χ0) is 22.5. The van der Waals surface area contributed by atoms with Crippen molar-refractivity contribution in [2.75, 3.05) is 33.9 Å². The van der Waals surface area contributed by atoms with Crippen LogP contribution in [0.4, 0.5) is 0 Å². The smallest absolute Gasteiger partial charge is 0.277 e. The maximum Gasteiger partial charge on any atom is 0.277 e. The standard InChI is InChI=1S/C25H36N2O4/c1-6-7-8-9-12-27-24(28)22(19-10-11-20(30-4)21(14-19)31-5)23(25(27)29)26-15-17(2)13-18(3)16-26/h10-11,14,17-18H,6-9,12-13,15-16H2,1-5H3. The molecule has 3 rings (SSSR count). The maximum atomic E-state index is 13.5. The summed E-state index contributed by atoms with van der Waals surface area (Å²) in [5, 5.41) is 0. The van der Waals surface area contributed by atoms with Crippen LogP contribution in [0.3, 0.4) is 0 Å². The van der Waals surface area contributed by atoms with E-state index < -0.39 is 0 Å². The lowest BCUT2D eigenvalue weighted by molar-refractivity contribution is -0.137. The first-order valence-electron chi connectivity index (χ1n) is 11.5. The third-order valence-corrected chi connectivity index (χ3v) is 6.24. The van der Waals surface area contributed by atoms with Gasteiger partial charge in [0.25, 0.3) is 11.8 Å². The topological polar surface area (TPSA) is 59.1 Å². The van der Waals surface area contributed by atoms with E-state index in [1.165, 1.54) is 4.90 Å². The van der Waals surface area contributed by atoms with Crippen LogP contribution in [0.15, 0.2) is 23.9 Å². The number of rotatable bonds is 9. The minimum absolute atomic E-state index is 0.160. The van der Waals surface area contributed by atoms with Crippen molar-refractivity contribution in [3.05, 3.63) is 29.5 Å². The predicted octanol–water partition coefficient (Wildman–Crippen LogP) is 4.34. The molecular formula is C25H36N2O4. The molecule has 1 aromatic rings. The van der Waals surface area contributed by atoms with Crippen molar-refractivity contribution in [2.24, 2.45) is 11.8 Å². The molecule has 170 valence electrons. The molecule has 6 heteroatoms. The van der Waals surface area contributed by atoms with Gasteiger partial charge in [0.15, 0.2) is 11.5 Å². The number of imide groups is 1. The molecule has 31 heavy (non-hydrogen) atoms. The molecular weight excluding hydrogens is 392 g/mol. The monoisotopic (exact) mass is 428 g/mol. The number of amides is 2. The Kier molecular flexibility index (Phi) is 7.63. The van der Waals surface area contributed by atoms with Crippen LogP contribution in [0.1, 0.15) is 58.4 Å². The zero-order valence-corrected chi connectivity index (χ0v) is 19.6. The number of ether oxygens (including phenoxy) is 2. The largest absolute Gasteiger partial charge is 0.493 e. The molecule has 2 aliphatic rings. The van der Waals surface area contributed by atoms with Gasteiger partial charge >= 0.3 is 0 Å². The normalized spacial score (nSPS) is 21.8. The number of nitrogens with zero attached hydrogens (tertiary/aromatic N) is 2. The third-order valence-electron chi connectivity index (χ3n) is 6.24. The molecule has 0 radical (unpaired) electrons. The van der Waals surface area contributed by atoms with Crippen molar-refractivity contribution in [1.82, 2.24) is 9.80 Å². The minimum Gasteiger partial charge on any atom is -0.493 e. The molecule has 2 heterocycles. The third kappa shape index (κ3) is 4.89. The van der Waals surface area contributed by atoms with Crippen LogP contribution in [0.2, 0.25) is 0 Å². The number of hydrogen-bond donors (Lipinski definition) is 0. The van der Waals surface area contributed by atoms with E-state index in [1.54, 1.807) is 26.4 Å². The molecule has 2 atom stereocenters. The van der Waals surface area contributed by atoms with E-state index in [4.69, 9.17) is 9.47 Å². The summed E-state index contributed by atoms with van der Waals surface area (Å²) in [6.07, 6.45) is 5.22. The SMILES string of the molecule is CCCCCCN1C(=O)C(c2ccc(OC)c(OC)c2)=C(N2CC(C)CC(C)C2)C1=O. The number of benzene rings is 1. The molecule has 1 fully saturated rings. The van der Waals surface area contributed by atoms with Crippen molar-refractivity contribution >= 4 is 17.4 Å². The molecule has 1 saturated heterocycles. The average Bonchev–Trinajstić information content (AvgIpc) is 3.00. The lowest BCUT2D eigenvalue weighted by Crippen LogP contribution is -2.42. The van der Waals surface area contributed by atoms with E-state index in [2.05, 4.69) is 25.7 Å². The Morgan fingerprint density at radius 2 is 1.61 bits per heavy atom. The summed E-state index contributed by atoms with van der Waals surface area (Å²) in [5.41, 5.74) is 1.74. The van der Waals surface area contributed by atoms with Gasteiger partial charge in [-0.1, -0.05) is 46.1 Å². The predicted molar refractivity (Wildman–Crippen MR) is 122 cm³/mol. The Hall–Kier alpha value is -2.50. The van der Waals surface area contributed by atoms with Crippen LogP contribution >= 0.6 is 0 Å². The highest BCUT2D eigenvalue weighted by Crippen LogP contribution is 2.38. The van der Waals surface area contributed by atoms with Gasteiger partial charge in [-0.15, -0.1) is 0 Å². The second-order valence-electron chi connectivity index (χ2n) is 8.97. The van der Waals surface area contributed by atoms with Crippen LogP contribution in [0.25, 0.3) is 5.57 Å². The summed E-state index contributed by atoms with van der Waals surface area (Å²) in [6, 6.07) is 5.44. The molecule has 1 aromatic carbocycles. The molecule has 0 bridgehead atoms. The van der Waals surface area contributed by atoms with Crippen LogP contribution in [0.5, 0.6) is 11.5 Å². The molecule has 2 aliphatic heterocycles. The van der Waals surface area contributed by atoms with E-state index >= 15 is 0 Å². The van der Waals surface area contributed by atoms with Gasteiger partial charge in [-0.05, 0) is 42.4 Å². The highest BCUT2D eigenvalue weighted by Gasteiger charge is 2.42. The quantitative estimate of drug-likeness (QED) is 0.432. The number of hydrogen-bond acceptors (Lipinski definition) is 5. The van der Waals surface area contributed by atoms with Gasteiger partial charge in [-0.2, -0.15) is 0 Å². The van der Waals surface area contributed by atoms with Crippen LogP contribution < -0.4 is 9.47 Å². The average molecular weight is 429 g/mol. The number of likely N-dealkylation sites (tertiary alicyclic amines) is 1. The van der Waals surface area contributed by atoms with E-state index in [0.29, 0.717) is 46.7 Å². The zero-order valence-electron chi connectivity index (χ0n) is 19.6. The molecule has 2 amide bonds. The van der Waals surface area contributed by atoms with Gasteiger partial charge in [-0.3, -0.25) is 14.5 Å². The van der Waals surface area contributed by atoms with E-state index in [9.17, 15) is 9.59 Å². The Bertz CT molecular complexity index is 838. The van der Waals surface area contributed by atoms with Crippen molar-refractivity contribution in [3.63, 3.8) is 0 Å². The second kappa shape index (κ2) is 10.2. The highest BCUT2D eigenvalue weighted by atomic mass is 16.5. The van der Waals surface area contributed by atoms with Crippen molar-refractivity contribution in [2.45, 2.75) is 52.9 Å². The fourth-order valence-electron chi connectivity index (χ4n) is 4.85. The number of unbranched alkanes of at least 4 members (excludes halogenated alkanes) is 3. The van der Waals surface area contributed by atoms with Gasteiger partial charge in [0.05, 0.1) is 19.8 Å². The summed E-state index contributed by atoms with van der Waals surface area (Å²) in [4.78, 5) is 30.6. The summed E-state index contributed by atoms with van der Waals surface area (Å²) in [6.45, 7) is 8.63. The first-order valence-corrected chi connectivity index (χ1v) is 11.5. The molecule has 0 spiro atoms. The summed E-state index contributed by atoms with van der Waals surface area (Å²) in [7, 11) is 3.16. The lowest BCUT2D eigenvalue weighted by atomic mass is 9.91. The Balaban J connectivity index is 2.01. The first kappa shape index (κ1) is 23.2. The molecule has 0 aliphatic carbocycles. The van der Waals surface area contributed by atoms with Crippen molar-refractivity contribution < 1.29 is 19.1 Å². The summed E-state index contributed by atoms with van der Waals surface area (Å²) >= 11 is 0. The Labute approximate surface area is 186 Å². The first-order chi connectivity index (χ1) is 14.9. The fraction of sp³-hybridized carbons (Fsp3) is 0.600. The van der Waals surface area contributed by atoms with Gasteiger partial charge in [0, 0.05) is 19.6 Å². The van der Waals surface area contributed by atoms with Gasteiger partial charge in [0.1, 0.15) is 5.70 Å². The Morgan fingerprint density at radius 3 is 2.23 bits per heavy atom. The van der Waals surface area contributed by atoms with Crippen molar-refractivity contribution in [3.8, 4) is 11.5 Å². The molecule has 2 unspecified atom stereocenters. The van der Waals surface area contributed by atoms with Crippen LogP contribution in [-0.2, 0) is 9.59 Å². The van der Waals surface area contributed by atoms with Gasteiger partial charge in [0.2, 0.25) is 0 Å². The second-order valence-corrected chi connectivity index (χ2v) is 8.97. The number of carbonyl (C=O) groups is 2. The molecule has 0 N–H and O–H groups in total. The fourth-order valence-corrected chi connectivity index (χ4v) is 4.85. The van der Waals surface area contributed by atoms with E-state index in [1.807, 2.05) is 6.07 Å². The minimum atomic E-state index is -0.199. The Morgan fingerprint density at radius 1 is 0.935 bits per heavy atom. The summed E-state index contributed by atoms with van der Waals surface area (Å²) in [5.74, 6) is 1.74. The lowest BCUT2D eigenvalue weighted by Gasteiger charge is -2.37. The molecule has 0 aromatic heterocycles. The summed E-state index contributed by atoms with van der Waals surface area (Å²) < 4.78 is 10.8.